The van der Waals surface area contributed by atoms with Gasteiger partial charge in [0.25, 0.3) is 0 Å². The number of urea groups is 1. The van der Waals surface area contributed by atoms with E-state index in [1.165, 1.54) is 31.3 Å². The van der Waals surface area contributed by atoms with Gasteiger partial charge in [0, 0.05) is 25.9 Å². The molecule has 3 aromatic rings. The molecule has 8 nitrogen and oxygen atoms in total. The van der Waals surface area contributed by atoms with Crippen molar-refractivity contribution in [1.82, 2.24) is 4.90 Å². The summed E-state index contributed by atoms with van der Waals surface area (Å²) in [6.45, 7) is 0.735. The summed E-state index contributed by atoms with van der Waals surface area (Å²) in [5.41, 5.74) is 0.123. The molecule has 0 aliphatic rings. The van der Waals surface area contributed by atoms with Gasteiger partial charge in [0.2, 0.25) is 0 Å². The van der Waals surface area contributed by atoms with Crippen LogP contribution in [0, 0.1) is 0 Å². The lowest BCUT2D eigenvalue weighted by Gasteiger charge is -2.23. The summed E-state index contributed by atoms with van der Waals surface area (Å²) < 4.78 is 79.0. The molecule has 2 amide bonds. The van der Waals surface area contributed by atoms with Crippen LogP contribution in [0.25, 0.3) is 0 Å². The second-order valence-electron chi connectivity index (χ2n) is 7.78. The molecule has 0 aliphatic carbocycles. The molecule has 0 saturated heterocycles. The third kappa shape index (κ3) is 7.86. The Kier molecular flexibility index (Phi) is 9.00. The maximum Gasteiger partial charge on any atom is 0.416 e. The van der Waals surface area contributed by atoms with Gasteiger partial charge in [0.15, 0.2) is 0 Å². The SMILES string of the molecule is COCCN(Cc1ccc(OS(=O)(=O)c2cccc(C(F)(F)F)c2)cc1)C(=O)Nc1ccc(OC)cc1. The fourth-order valence-corrected chi connectivity index (χ4v) is 4.18. The van der Waals surface area contributed by atoms with E-state index in [4.69, 9.17) is 13.7 Å². The summed E-state index contributed by atoms with van der Waals surface area (Å²) in [7, 11) is -1.45. The molecule has 37 heavy (non-hydrogen) atoms. The van der Waals surface area contributed by atoms with Gasteiger partial charge in [0.05, 0.1) is 19.3 Å². The predicted molar refractivity (Wildman–Crippen MR) is 130 cm³/mol. The van der Waals surface area contributed by atoms with Crippen LogP contribution in [0.4, 0.5) is 23.7 Å². The highest BCUT2D eigenvalue weighted by molar-refractivity contribution is 7.87. The number of ether oxygens (including phenoxy) is 2. The minimum Gasteiger partial charge on any atom is -0.497 e. The quantitative estimate of drug-likeness (QED) is 0.359. The van der Waals surface area contributed by atoms with E-state index in [9.17, 15) is 26.4 Å². The summed E-state index contributed by atoms with van der Waals surface area (Å²) in [6, 6.07) is 15.6. The van der Waals surface area contributed by atoms with Crippen molar-refractivity contribution in [3.05, 3.63) is 83.9 Å². The van der Waals surface area contributed by atoms with Crippen molar-refractivity contribution in [3.63, 3.8) is 0 Å². The fraction of sp³-hybridized carbons (Fsp3) is 0.240. The van der Waals surface area contributed by atoms with Gasteiger partial charge in [-0.3, -0.25) is 0 Å². The third-order valence-electron chi connectivity index (χ3n) is 5.15. The Hall–Kier alpha value is -3.77. The second-order valence-corrected chi connectivity index (χ2v) is 9.33. The Labute approximate surface area is 212 Å². The van der Waals surface area contributed by atoms with Crippen molar-refractivity contribution in [2.45, 2.75) is 17.6 Å². The number of halogens is 3. The van der Waals surface area contributed by atoms with Crippen molar-refractivity contribution in [1.29, 1.82) is 0 Å². The number of carbonyl (C=O) groups is 1. The monoisotopic (exact) mass is 538 g/mol. The highest BCUT2D eigenvalue weighted by atomic mass is 32.2. The van der Waals surface area contributed by atoms with Crippen LogP contribution in [0.1, 0.15) is 11.1 Å². The molecule has 0 unspecified atom stereocenters. The Bertz CT molecular complexity index is 1300. The number of methoxy groups -OCH3 is 2. The van der Waals surface area contributed by atoms with Crippen LogP contribution in [0.2, 0.25) is 0 Å². The van der Waals surface area contributed by atoms with Crippen LogP contribution >= 0.6 is 0 Å². The normalized spacial score (nSPS) is 11.6. The number of nitrogens with zero attached hydrogens (tertiary/aromatic N) is 1. The van der Waals surface area contributed by atoms with Gasteiger partial charge in [0.1, 0.15) is 16.4 Å². The average Bonchev–Trinajstić information content (AvgIpc) is 2.87. The standard InChI is InChI=1S/C25H25F3N2O6S/c1-34-15-14-30(24(31)29-20-8-12-21(35-2)13-9-20)17-18-6-10-22(11-7-18)36-37(32,33)23-5-3-4-19(16-23)25(26,27)28/h3-13,16H,14-15,17H2,1-2H3,(H,29,31). The molecular formula is C25H25F3N2O6S. The number of amides is 2. The van der Waals surface area contributed by atoms with E-state index in [0.29, 0.717) is 23.1 Å². The highest BCUT2D eigenvalue weighted by Crippen LogP contribution is 2.31. The van der Waals surface area contributed by atoms with E-state index in [1.54, 1.807) is 36.4 Å². The molecule has 12 heteroatoms. The highest BCUT2D eigenvalue weighted by Gasteiger charge is 2.32. The number of anilines is 1. The first-order chi connectivity index (χ1) is 17.5. The minimum atomic E-state index is -4.69. The molecule has 0 spiro atoms. The molecule has 0 heterocycles. The van der Waals surface area contributed by atoms with Crippen LogP contribution < -0.4 is 14.2 Å². The van der Waals surface area contributed by atoms with Crippen molar-refractivity contribution in [2.75, 3.05) is 32.7 Å². The number of hydrogen-bond acceptors (Lipinski definition) is 6. The number of benzene rings is 3. The van der Waals surface area contributed by atoms with Crippen molar-refractivity contribution < 1.29 is 40.0 Å². The molecule has 0 fully saturated rings. The minimum absolute atomic E-state index is 0.0905. The zero-order chi connectivity index (χ0) is 27.1. The van der Waals surface area contributed by atoms with Gasteiger partial charge >= 0.3 is 22.3 Å². The van der Waals surface area contributed by atoms with Gasteiger partial charge in [-0.25, -0.2) is 4.79 Å². The maximum atomic E-state index is 12.9. The lowest BCUT2D eigenvalue weighted by atomic mass is 10.2. The molecule has 1 N–H and O–H groups in total. The van der Waals surface area contributed by atoms with E-state index >= 15 is 0 Å². The third-order valence-corrected chi connectivity index (χ3v) is 6.39. The zero-order valence-corrected chi connectivity index (χ0v) is 20.8. The summed E-state index contributed by atoms with van der Waals surface area (Å²) in [6.07, 6.45) is -4.69. The fourth-order valence-electron chi connectivity index (χ4n) is 3.20. The Morgan fingerprint density at radius 1 is 0.946 bits per heavy atom. The van der Waals surface area contributed by atoms with E-state index in [-0.39, 0.29) is 31.5 Å². The molecule has 0 radical (unpaired) electrons. The van der Waals surface area contributed by atoms with E-state index < -0.39 is 26.8 Å². The number of nitrogens with one attached hydrogen (secondary N) is 1. The maximum absolute atomic E-state index is 12.9. The van der Waals surface area contributed by atoms with Gasteiger partial charge in [-0.2, -0.15) is 21.6 Å². The Morgan fingerprint density at radius 3 is 2.19 bits per heavy atom. The predicted octanol–water partition coefficient (Wildman–Crippen LogP) is 5.16. The Balaban J connectivity index is 1.69. The molecule has 0 atom stereocenters. The lowest BCUT2D eigenvalue weighted by molar-refractivity contribution is -0.137. The molecule has 3 aromatic carbocycles. The van der Waals surface area contributed by atoms with Crippen LogP contribution in [0.3, 0.4) is 0 Å². The van der Waals surface area contributed by atoms with Crippen LogP contribution in [-0.2, 0) is 27.6 Å². The number of hydrogen-bond donors (Lipinski definition) is 1. The van der Waals surface area contributed by atoms with Crippen LogP contribution in [0.15, 0.2) is 77.7 Å². The summed E-state index contributed by atoms with van der Waals surface area (Å²) in [4.78, 5) is 13.7. The smallest absolute Gasteiger partial charge is 0.416 e. The van der Waals surface area contributed by atoms with Crippen molar-refractivity contribution in [3.8, 4) is 11.5 Å². The van der Waals surface area contributed by atoms with Gasteiger partial charge in [-0.15, -0.1) is 0 Å². The first-order valence-electron chi connectivity index (χ1n) is 10.9. The summed E-state index contributed by atoms with van der Waals surface area (Å²) in [5, 5.41) is 2.79. The van der Waals surface area contributed by atoms with Gasteiger partial charge in [-0.05, 0) is 60.2 Å². The topological polar surface area (TPSA) is 94.2 Å². The molecule has 198 valence electrons. The first kappa shape index (κ1) is 27.8. The van der Waals surface area contributed by atoms with E-state index in [2.05, 4.69) is 5.32 Å². The summed E-state index contributed by atoms with van der Waals surface area (Å²) in [5.74, 6) is 0.555. The molecule has 0 aromatic heterocycles. The van der Waals surface area contributed by atoms with Crippen LogP contribution in [0.5, 0.6) is 11.5 Å². The summed E-state index contributed by atoms with van der Waals surface area (Å²) >= 11 is 0. The largest absolute Gasteiger partial charge is 0.497 e. The average molecular weight is 539 g/mol. The molecule has 0 bridgehead atoms. The second kappa shape index (κ2) is 12.0. The Morgan fingerprint density at radius 2 is 1.59 bits per heavy atom. The molecule has 0 aliphatic heterocycles. The molecule has 3 rings (SSSR count). The number of rotatable bonds is 10. The van der Waals surface area contributed by atoms with E-state index in [0.717, 1.165) is 18.2 Å². The first-order valence-corrected chi connectivity index (χ1v) is 12.3. The lowest BCUT2D eigenvalue weighted by Crippen LogP contribution is -2.36. The van der Waals surface area contributed by atoms with Crippen molar-refractivity contribution in [2.24, 2.45) is 0 Å². The van der Waals surface area contributed by atoms with Crippen molar-refractivity contribution >= 4 is 21.8 Å². The van der Waals surface area contributed by atoms with Gasteiger partial charge < -0.3 is 23.9 Å². The van der Waals surface area contributed by atoms with Gasteiger partial charge in [-0.1, -0.05) is 18.2 Å². The van der Waals surface area contributed by atoms with E-state index in [1.807, 2.05) is 0 Å². The molecule has 0 saturated carbocycles. The number of carbonyl (C=O) groups excluding carboxylic acids is 1. The van der Waals surface area contributed by atoms with Crippen LogP contribution in [-0.4, -0.2) is 46.7 Å². The molecular weight excluding hydrogens is 513 g/mol. The number of alkyl halides is 3. The zero-order valence-electron chi connectivity index (χ0n) is 20.0.